The number of H-pyrrole nitrogens is 1. The maximum absolute atomic E-state index is 13.2. The Morgan fingerprint density at radius 1 is 1.11 bits per heavy atom. The summed E-state index contributed by atoms with van der Waals surface area (Å²) in [7, 11) is 0. The molecule has 0 spiro atoms. The van der Waals surface area contributed by atoms with Crippen LogP contribution in [-0.2, 0) is 29.2 Å². The number of pyridine rings is 1. The molecule has 2 aromatic carbocycles. The van der Waals surface area contributed by atoms with Gasteiger partial charge < -0.3 is 25.6 Å². The van der Waals surface area contributed by atoms with Gasteiger partial charge in [0, 0.05) is 30.0 Å². The van der Waals surface area contributed by atoms with Gasteiger partial charge in [-0.25, -0.2) is 9.97 Å². The standard InChI is InChI=1S/C27H26N6O4/c1-16-7-9-21-25(29-16)32-23(31-21)13-28-26(36)18-8-10-20-19(11-18)15-33(14-17-5-3-2-4-6-17)27(37)22(30-20)12-24(34)35/h2-11,22,30H,12-15H2,1H3,(H,28,36)(H,34,35)(H,29,31,32)/t22-/m0/s1. The van der Waals surface area contributed by atoms with Crippen LogP contribution in [0.1, 0.15) is 39.4 Å². The predicted molar refractivity (Wildman–Crippen MR) is 137 cm³/mol. The monoisotopic (exact) mass is 498 g/mol. The summed E-state index contributed by atoms with van der Waals surface area (Å²) in [4.78, 5) is 51.2. The molecule has 0 aliphatic carbocycles. The predicted octanol–water partition coefficient (Wildman–Crippen LogP) is 2.99. The number of aryl methyl sites for hydroxylation is 1. The van der Waals surface area contributed by atoms with Crippen LogP contribution >= 0.6 is 0 Å². The van der Waals surface area contributed by atoms with E-state index in [1.54, 1.807) is 23.1 Å². The van der Waals surface area contributed by atoms with Gasteiger partial charge in [-0.05, 0) is 48.4 Å². The number of nitrogens with one attached hydrogen (secondary N) is 3. The molecule has 0 saturated carbocycles. The number of hydrogen-bond acceptors (Lipinski definition) is 6. The number of carboxylic acid groups (broad SMARTS) is 1. The highest BCUT2D eigenvalue weighted by Crippen LogP contribution is 2.26. The fourth-order valence-electron chi connectivity index (χ4n) is 4.40. The molecule has 4 aromatic rings. The van der Waals surface area contributed by atoms with E-state index in [0.29, 0.717) is 29.3 Å². The lowest BCUT2D eigenvalue weighted by atomic mass is 10.1. The van der Waals surface area contributed by atoms with Crippen molar-refractivity contribution in [2.24, 2.45) is 0 Å². The first-order valence-corrected chi connectivity index (χ1v) is 11.9. The zero-order chi connectivity index (χ0) is 25.9. The summed E-state index contributed by atoms with van der Waals surface area (Å²) >= 11 is 0. The molecule has 3 heterocycles. The molecule has 5 rings (SSSR count). The summed E-state index contributed by atoms with van der Waals surface area (Å²) in [6.45, 7) is 2.65. The molecule has 0 unspecified atom stereocenters. The molecule has 10 nitrogen and oxygen atoms in total. The van der Waals surface area contributed by atoms with Crippen molar-refractivity contribution in [2.75, 3.05) is 5.32 Å². The van der Waals surface area contributed by atoms with Crippen molar-refractivity contribution in [3.05, 3.63) is 88.9 Å². The van der Waals surface area contributed by atoms with Crippen LogP contribution in [0.2, 0.25) is 0 Å². The van der Waals surface area contributed by atoms with Crippen LogP contribution in [-0.4, -0.2) is 48.8 Å². The Bertz CT molecular complexity index is 1480. The Kier molecular flexibility index (Phi) is 6.55. The topological polar surface area (TPSA) is 140 Å². The van der Waals surface area contributed by atoms with Gasteiger partial charge in [0.25, 0.3) is 5.91 Å². The van der Waals surface area contributed by atoms with Crippen LogP contribution in [0.3, 0.4) is 0 Å². The van der Waals surface area contributed by atoms with Crippen LogP contribution in [0.15, 0.2) is 60.7 Å². The van der Waals surface area contributed by atoms with Crippen molar-refractivity contribution in [1.29, 1.82) is 0 Å². The van der Waals surface area contributed by atoms with Crippen LogP contribution < -0.4 is 10.6 Å². The number of amides is 2. The highest BCUT2D eigenvalue weighted by atomic mass is 16.4. The number of carboxylic acids is 1. The average Bonchev–Trinajstić information content (AvgIpc) is 3.24. The van der Waals surface area contributed by atoms with E-state index < -0.39 is 12.0 Å². The van der Waals surface area contributed by atoms with Gasteiger partial charge in [-0.2, -0.15) is 0 Å². The number of aliphatic carboxylic acids is 1. The zero-order valence-corrected chi connectivity index (χ0v) is 20.2. The number of imidazole rings is 1. The van der Waals surface area contributed by atoms with E-state index in [-0.39, 0.29) is 31.3 Å². The summed E-state index contributed by atoms with van der Waals surface area (Å²) in [6.07, 6.45) is -0.350. The van der Waals surface area contributed by atoms with Gasteiger partial charge in [0.05, 0.1) is 18.5 Å². The molecule has 10 heteroatoms. The summed E-state index contributed by atoms with van der Waals surface area (Å²) in [5, 5.41) is 15.3. The molecular formula is C27H26N6O4. The lowest BCUT2D eigenvalue weighted by Crippen LogP contribution is -2.41. The molecule has 4 N–H and O–H groups in total. The van der Waals surface area contributed by atoms with E-state index in [2.05, 4.69) is 25.6 Å². The molecule has 0 fully saturated rings. The van der Waals surface area contributed by atoms with Gasteiger partial charge in [0.1, 0.15) is 11.9 Å². The Labute approximate surface area is 212 Å². The first-order valence-electron chi connectivity index (χ1n) is 11.9. The highest BCUT2D eigenvalue weighted by molar-refractivity contribution is 5.95. The quantitative estimate of drug-likeness (QED) is 0.307. The van der Waals surface area contributed by atoms with Crippen molar-refractivity contribution in [3.63, 3.8) is 0 Å². The smallest absolute Gasteiger partial charge is 0.305 e. The number of carbonyl (C=O) groups excluding carboxylic acids is 2. The Balaban J connectivity index is 1.35. The largest absolute Gasteiger partial charge is 0.481 e. The summed E-state index contributed by atoms with van der Waals surface area (Å²) in [5.74, 6) is -1.07. The van der Waals surface area contributed by atoms with Crippen molar-refractivity contribution in [1.82, 2.24) is 25.2 Å². The SMILES string of the molecule is Cc1ccc2[nH]c(CNC(=O)c3ccc4c(c3)CN(Cc3ccccc3)C(=O)[C@H](CC(=O)O)N4)nc2n1. The number of benzene rings is 2. The van der Waals surface area contributed by atoms with E-state index in [9.17, 15) is 19.5 Å². The molecule has 2 amide bonds. The summed E-state index contributed by atoms with van der Waals surface area (Å²) < 4.78 is 0. The molecule has 188 valence electrons. The summed E-state index contributed by atoms with van der Waals surface area (Å²) in [6, 6.07) is 17.5. The van der Waals surface area contributed by atoms with Gasteiger partial charge in [0.2, 0.25) is 5.91 Å². The third kappa shape index (κ3) is 5.43. The Hall–Kier alpha value is -4.73. The fourth-order valence-corrected chi connectivity index (χ4v) is 4.40. The van der Waals surface area contributed by atoms with Crippen molar-refractivity contribution in [3.8, 4) is 0 Å². The maximum Gasteiger partial charge on any atom is 0.305 e. The van der Waals surface area contributed by atoms with E-state index in [0.717, 1.165) is 22.3 Å². The number of aromatic nitrogens is 3. The number of anilines is 1. The second-order valence-electron chi connectivity index (χ2n) is 9.04. The number of fused-ring (bicyclic) bond motifs is 2. The van der Waals surface area contributed by atoms with Gasteiger partial charge in [0.15, 0.2) is 5.65 Å². The number of rotatable bonds is 7. The molecule has 0 saturated heterocycles. The van der Waals surface area contributed by atoms with Crippen molar-refractivity contribution in [2.45, 2.75) is 39.0 Å². The molecule has 2 aromatic heterocycles. The minimum absolute atomic E-state index is 0.197. The van der Waals surface area contributed by atoms with Crippen LogP contribution in [0.4, 0.5) is 5.69 Å². The minimum atomic E-state index is -1.07. The number of hydrogen-bond donors (Lipinski definition) is 4. The average molecular weight is 499 g/mol. The van der Waals surface area contributed by atoms with Gasteiger partial charge in [-0.15, -0.1) is 0 Å². The van der Waals surface area contributed by atoms with Crippen molar-refractivity contribution < 1.29 is 19.5 Å². The first kappa shape index (κ1) is 24.0. The van der Waals surface area contributed by atoms with Gasteiger partial charge >= 0.3 is 5.97 Å². The number of aromatic amines is 1. The second-order valence-corrected chi connectivity index (χ2v) is 9.04. The third-order valence-corrected chi connectivity index (χ3v) is 6.21. The van der Waals surface area contributed by atoms with Crippen LogP contribution in [0.5, 0.6) is 0 Å². The molecule has 37 heavy (non-hydrogen) atoms. The number of carbonyl (C=O) groups is 3. The zero-order valence-electron chi connectivity index (χ0n) is 20.2. The Morgan fingerprint density at radius 3 is 2.70 bits per heavy atom. The molecular weight excluding hydrogens is 472 g/mol. The molecule has 0 bridgehead atoms. The lowest BCUT2D eigenvalue weighted by Gasteiger charge is -2.24. The third-order valence-electron chi connectivity index (χ3n) is 6.21. The highest BCUT2D eigenvalue weighted by Gasteiger charge is 2.31. The maximum atomic E-state index is 13.2. The van der Waals surface area contributed by atoms with E-state index in [1.807, 2.05) is 49.4 Å². The fraction of sp³-hybridized carbons (Fsp3) is 0.222. The van der Waals surface area contributed by atoms with Crippen molar-refractivity contribution >= 4 is 34.6 Å². The normalized spacial score (nSPS) is 15.1. The number of nitrogens with zero attached hydrogens (tertiary/aromatic N) is 3. The molecule has 1 aliphatic rings. The van der Waals surface area contributed by atoms with Crippen LogP contribution in [0.25, 0.3) is 11.2 Å². The molecule has 0 radical (unpaired) electrons. The Morgan fingerprint density at radius 2 is 1.92 bits per heavy atom. The van der Waals surface area contributed by atoms with E-state index in [1.165, 1.54) is 0 Å². The van der Waals surface area contributed by atoms with E-state index >= 15 is 0 Å². The van der Waals surface area contributed by atoms with Gasteiger partial charge in [-0.1, -0.05) is 30.3 Å². The summed E-state index contributed by atoms with van der Waals surface area (Å²) in [5.41, 5.74) is 4.97. The lowest BCUT2D eigenvalue weighted by molar-refractivity contribution is -0.141. The van der Waals surface area contributed by atoms with E-state index in [4.69, 9.17) is 0 Å². The minimum Gasteiger partial charge on any atom is -0.481 e. The first-order chi connectivity index (χ1) is 17.9. The van der Waals surface area contributed by atoms with Crippen LogP contribution in [0, 0.1) is 6.92 Å². The molecule has 1 atom stereocenters. The second kappa shape index (κ2) is 10.1. The van der Waals surface area contributed by atoms with Gasteiger partial charge in [-0.3, -0.25) is 14.4 Å². The molecule has 1 aliphatic heterocycles.